The summed E-state index contributed by atoms with van der Waals surface area (Å²) in [4.78, 5) is 9.93. The summed E-state index contributed by atoms with van der Waals surface area (Å²) in [5, 5.41) is 12.6. The largest absolute Gasteiger partial charge is 0.356 e. The summed E-state index contributed by atoms with van der Waals surface area (Å²) in [5.41, 5.74) is 1.02. The number of aliphatic imine (C=N–C) groups is 1. The molecule has 0 aliphatic carbocycles. The van der Waals surface area contributed by atoms with E-state index in [9.17, 15) is 8.42 Å². The van der Waals surface area contributed by atoms with Crippen LogP contribution in [0.4, 0.5) is 0 Å². The Morgan fingerprint density at radius 3 is 2.50 bits per heavy atom. The van der Waals surface area contributed by atoms with Crippen LogP contribution in [-0.2, 0) is 29.4 Å². The van der Waals surface area contributed by atoms with Crippen LogP contribution in [0, 0.1) is 0 Å². The van der Waals surface area contributed by atoms with Gasteiger partial charge in [0.05, 0.1) is 11.4 Å². The molecule has 26 heavy (non-hydrogen) atoms. The van der Waals surface area contributed by atoms with Gasteiger partial charge in [0, 0.05) is 24.7 Å². The van der Waals surface area contributed by atoms with Crippen molar-refractivity contribution >= 4 is 51.3 Å². The van der Waals surface area contributed by atoms with Crippen molar-refractivity contribution in [1.82, 2.24) is 15.6 Å². The number of aryl methyl sites for hydroxylation is 1. The molecule has 7 nitrogen and oxygen atoms in total. The van der Waals surface area contributed by atoms with Gasteiger partial charge in [0.2, 0.25) is 10.0 Å². The molecule has 1 aromatic heterocycles. The van der Waals surface area contributed by atoms with E-state index in [0.29, 0.717) is 19.0 Å². The van der Waals surface area contributed by atoms with Crippen molar-refractivity contribution < 1.29 is 8.42 Å². The molecule has 0 aliphatic heterocycles. The standard InChI is InChI=1S/C16H23N5O2S2.HI/c1-3-13-10-20-15(24-13)11-21-16(18-2)19-9-8-12-4-6-14(7-5-12)25(17,22)23;/h4-7,10H,3,8-9,11H2,1-2H3,(H2,17,22,23)(H2,18,19,21);1H. The predicted octanol–water partition coefficient (Wildman–Crippen LogP) is 1.88. The summed E-state index contributed by atoms with van der Waals surface area (Å²) in [6.07, 6.45) is 3.64. The first-order valence-electron chi connectivity index (χ1n) is 7.92. The Morgan fingerprint density at radius 1 is 1.27 bits per heavy atom. The quantitative estimate of drug-likeness (QED) is 0.300. The number of sulfonamides is 1. The maximum atomic E-state index is 11.2. The molecule has 0 aliphatic rings. The van der Waals surface area contributed by atoms with Gasteiger partial charge in [-0.25, -0.2) is 18.5 Å². The van der Waals surface area contributed by atoms with E-state index in [1.807, 2.05) is 6.20 Å². The highest BCUT2D eigenvalue weighted by Gasteiger charge is 2.07. The Labute approximate surface area is 175 Å². The zero-order valence-corrected chi connectivity index (χ0v) is 18.7. The smallest absolute Gasteiger partial charge is 0.238 e. The Balaban J connectivity index is 0.00000338. The Morgan fingerprint density at radius 2 is 1.96 bits per heavy atom. The third-order valence-electron chi connectivity index (χ3n) is 3.54. The molecule has 2 rings (SSSR count). The van der Waals surface area contributed by atoms with Gasteiger partial charge in [-0.3, -0.25) is 4.99 Å². The molecule has 144 valence electrons. The van der Waals surface area contributed by atoms with Gasteiger partial charge in [-0.15, -0.1) is 35.3 Å². The first kappa shape index (κ1) is 22.8. The average Bonchev–Trinajstić information content (AvgIpc) is 3.05. The molecule has 0 fully saturated rings. The lowest BCUT2D eigenvalue weighted by atomic mass is 10.1. The minimum absolute atomic E-state index is 0. The highest BCUT2D eigenvalue weighted by atomic mass is 127. The molecular weight excluding hydrogens is 485 g/mol. The molecule has 10 heteroatoms. The number of aromatic nitrogens is 1. The summed E-state index contributed by atoms with van der Waals surface area (Å²) < 4.78 is 22.5. The van der Waals surface area contributed by atoms with E-state index in [1.54, 1.807) is 30.5 Å². The number of hydrogen-bond acceptors (Lipinski definition) is 5. The van der Waals surface area contributed by atoms with E-state index in [1.165, 1.54) is 17.0 Å². The second-order valence-electron chi connectivity index (χ2n) is 5.37. The van der Waals surface area contributed by atoms with Crippen molar-refractivity contribution in [3.05, 3.63) is 45.9 Å². The van der Waals surface area contributed by atoms with Crippen LogP contribution in [0.25, 0.3) is 0 Å². The summed E-state index contributed by atoms with van der Waals surface area (Å²) in [6.45, 7) is 3.42. The number of hydrogen-bond donors (Lipinski definition) is 3. The van der Waals surface area contributed by atoms with E-state index in [0.717, 1.165) is 23.4 Å². The van der Waals surface area contributed by atoms with Crippen molar-refractivity contribution in [2.75, 3.05) is 13.6 Å². The van der Waals surface area contributed by atoms with Crippen LogP contribution in [0.1, 0.15) is 22.4 Å². The number of nitrogens with one attached hydrogen (secondary N) is 2. The topological polar surface area (TPSA) is 109 Å². The minimum Gasteiger partial charge on any atom is -0.356 e. The molecule has 0 saturated heterocycles. The van der Waals surface area contributed by atoms with Gasteiger partial charge in [0.25, 0.3) is 0 Å². The molecule has 0 amide bonds. The maximum absolute atomic E-state index is 11.2. The van der Waals surface area contributed by atoms with E-state index >= 15 is 0 Å². The number of nitrogens with two attached hydrogens (primary N) is 1. The zero-order valence-electron chi connectivity index (χ0n) is 14.7. The van der Waals surface area contributed by atoms with Gasteiger partial charge >= 0.3 is 0 Å². The summed E-state index contributed by atoms with van der Waals surface area (Å²) in [6, 6.07) is 6.57. The molecule has 1 heterocycles. The van der Waals surface area contributed by atoms with Gasteiger partial charge < -0.3 is 10.6 Å². The van der Waals surface area contributed by atoms with E-state index in [2.05, 4.69) is 27.5 Å². The Hall–Kier alpha value is -1.24. The van der Waals surface area contributed by atoms with Gasteiger partial charge in [-0.05, 0) is 30.5 Å². The van der Waals surface area contributed by atoms with Gasteiger partial charge in [0.1, 0.15) is 5.01 Å². The lowest BCUT2D eigenvalue weighted by Crippen LogP contribution is -2.37. The normalized spacial score (nSPS) is 11.7. The van der Waals surface area contributed by atoms with Crippen molar-refractivity contribution in [3.63, 3.8) is 0 Å². The van der Waals surface area contributed by atoms with E-state index < -0.39 is 10.0 Å². The van der Waals surface area contributed by atoms with Crippen LogP contribution in [0.3, 0.4) is 0 Å². The fourth-order valence-corrected chi connectivity index (χ4v) is 3.46. The van der Waals surface area contributed by atoms with Gasteiger partial charge in [0.15, 0.2) is 5.96 Å². The number of halogens is 1. The monoisotopic (exact) mass is 509 g/mol. The third kappa shape index (κ3) is 7.17. The van der Waals surface area contributed by atoms with E-state index in [-0.39, 0.29) is 28.9 Å². The molecule has 4 N–H and O–H groups in total. The van der Waals surface area contributed by atoms with Gasteiger partial charge in [-0.1, -0.05) is 19.1 Å². The lowest BCUT2D eigenvalue weighted by molar-refractivity contribution is 0.598. The van der Waals surface area contributed by atoms with Crippen molar-refractivity contribution in [1.29, 1.82) is 0 Å². The van der Waals surface area contributed by atoms with Crippen LogP contribution < -0.4 is 15.8 Å². The van der Waals surface area contributed by atoms with Crippen LogP contribution in [0.5, 0.6) is 0 Å². The fraction of sp³-hybridized carbons (Fsp3) is 0.375. The maximum Gasteiger partial charge on any atom is 0.238 e. The number of rotatable bonds is 7. The molecule has 0 bridgehead atoms. The molecule has 1 aromatic carbocycles. The van der Waals surface area contributed by atoms with Crippen molar-refractivity contribution in [2.24, 2.45) is 10.1 Å². The molecule has 0 saturated carbocycles. The third-order valence-corrected chi connectivity index (χ3v) is 5.61. The van der Waals surface area contributed by atoms with Crippen LogP contribution >= 0.6 is 35.3 Å². The zero-order chi connectivity index (χ0) is 18.3. The van der Waals surface area contributed by atoms with Crippen molar-refractivity contribution in [2.45, 2.75) is 31.2 Å². The first-order chi connectivity index (χ1) is 11.9. The Kier molecular flexibility index (Phi) is 9.47. The Bertz CT molecular complexity index is 819. The van der Waals surface area contributed by atoms with Gasteiger partial charge in [-0.2, -0.15) is 0 Å². The second kappa shape index (κ2) is 10.8. The fourth-order valence-electron chi connectivity index (χ4n) is 2.14. The number of guanidine groups is 1. The van der Waals surface area contributed by atoms with Crippen LogP contribution in [0.2, 0.25) is 0 Å². The van der Waals surface area contributed by atoms with E-state index in [4.69, 9.17) is 5.14 Å². The number of benzene rings is 1. The summed E-state index contributed by atoms with van der Waals surface area (Å²) in [7, 11) is -1.92. The molecule has 0 spiro atoms. The highest BCUT2D eigenvalue weighted by Crippen LogP contribution is 2.12. The highest BCUT2D eigenvalue weighted by molar-refractivity contribution is 14.0. The van der Waals surface area contributed by atoms with Crippen molar-refractivity contribution in [3.8, 4) is 0 Å². The number of thiazole rings is 1. The predicted molar refractivity (Wildman–Crippen MR) is 117 cm³/mol. The average molecular weight is 509 g/mol. The SMILES string of the molecule is CCc1cnc(CNC(=NC)NCCc2ccc(S(N)(=O)=O)cc2)s1.I. The lowest BCUT2D eigenvalue weighted by Gasteiger charge is -2.11. The molecule has 0 unspecified atom stereocenters. The minimum atomic E-state index is -3.64. The summed E-state index contributed by atoms with van der Waals surface area (Å²) in [5.74, 6) is 0.703. The molecule has 2 aromatic rings. The number of primary sulfonamides is 1. The molecule has 0 atom stereocenters. The number of nitrogens with zero attached hydrogens (tertiary/aromatic N) is 2. The summed E-state index contributed by atoms with van der Waals surface area (Å²) >= 11 is 1.69. The molecule has 0 radical (unpaired) electrons. The first-order valence-corrected chi connectivity index (χ1v) is 10.3. The molecular formula is C16H24IN5O2S2. The van der Waals surface area contributed by atoms with Crippen LogP contribution in [0.15, 0.2) is 40.4 Å². The van der Waals surface area contributed by atoms with Crippen LogP contribution in [-0.4, -0.2) is 33.0 Å². The second-order valence-corrected chi connectivity index (χ2v) is 8.13.